The fraction of sp³-hybridized carbons (Fsp3) is 0.938. The second-order valence-electron chi connectivity index (χ2n) is 6.31. The number of rotatable bonds is 10. The highest BCUT2D eigenvalue weighted by atomic mass is 16.5. The molecule has 4 unspecified atom stereocenters. The first-order valence-corrected chi connectivity index (χ1v) is 7.88. The molecular formula is C16H30O4. The van der Waals surface area contributed by atoms with Crippen molar-refractivity contribution in [1.82, 2.24) is 0 Å². The van der Waals surface area contributed by atoms with Gasteiger partial charge >= 0.3 is 5.97 Å². The molecule has 1 aliphatic rings. The molecule has 0 spiro atoms. The summed E-state index contributed by atoms with van der Waals surface area (Å²) >= 11 is 0. The number of carbonyl (C=O) groups is 1. The zero-order chi connectivity index (χ0) is 15.3. The third kappa shape index (κ3) is 4.74. The summed E-state index contributed by atoms with van der Waals surface area (Å²) in [5.41, 5.74) is 0. The molecule has 1 rings (SSSR count). The quantitative estimate of drug-likeness (QED) is 0.648. The number of carboxylic acids is 1. The van der Waals surface area contributed by atoms with Crippen LogP contribution in [0.2, 0.25) is 0 Å². The summed E-state index contributed by atoms with van der Waals surface area (Å²) in [6.07, 6.45) is 3.92. The Balaban J connectivity index is 2.37. The van der Waals surface area contributed by atoms with Gasteiger partial charge in [-0.15, -0.1) is 0 Å². The van der Waals surface area contributed by atoms with Crippen molar-refractivity contribution in [2.75, 3.05) is 7.11 Å². The molecule has 2 N–H and O–H groups in total. The van der Waals surface area contributed by atoms with Crippen LogP contribution in [0.4, 0.5) is 0 Å². The average molecular weight is 286 g/mol. The number of carboxylic acid groups (broad SMARTS) is 1. The van der Waals surface area contributed by atoms with E-state index in [9.17, 15) is 9.90 Å². The van der Waals surface area contributed by atoms with Crippen LogP contribution in [0, 0.1) is 23.7 Å². The molecule has 0 aromatic rings. The minimum absolute atomic E-state index is 0.286. The third-order valence-electron chi connectivity index (χ3n) is 4.95. The van der Waals surface area contributed by atoms with E-state index in [0.717, 1.165) is 19.3 Å². The molecule has 4 nitrogen and oxygen atoms in total. The van der Waals surface area contributed by atoms with E-state index < -0.39 is 18.0 Å². The number of methoxy groups -OCH3 is 1. The topological polar surface area (TPSA) is 66.8 Å². The number of aliphatic carboxylic acids is 1. The smallest absolute Gasteiger partial charge is 0.309 e. The Hall–Kier alpha value is -0.610. The zero-order valence-electron chi connectivity index (χ0n) is 13.2. The predicted octanol–water partition coefficient (Wildman–Crippen LogP) is 2.94. The maximum atomic E-state index is 11.0. The van der Waals surface area contributed by atoms with Crippen LogP contribution in [0.1, 0.15) is 52.9 Å². The molecule has 0 aromatic carbocycles. The molecule has 1 fully saturated rings. The van der Waals surface area contributed by atoms with E-state index in [2.05, 4.69) is 13.8 Å². The Morgan fingerprint density at radius 3 is 2.30 bits per heavy atom. The van der Waals surface area contributed by atoms with E-state index in [1.165, 1.54) is 0 Å². The van der Waals surface area contributed by atoms with Gasteiger partial charge in [0.1, 0.15) is 0 Å². The van der Waals surface area contributed by atoms with Crippen molar-refractivity contribution in [1.29, 1.82) is 0 Å². The number of aliphatic hydroxyl groups excluding tert-OH is 1. The molecule has 0 heterocycles. The molecule has 118 valence electrons. The van der Waals surface area contributed by atoms with Gasteiger partial charge in [0.05, 0.1) is 18.1 Å². The van der Waals surface area contributed by atoms with Crippen LogP contribution in [-0.2, 0) is 9.53 Å². The van der Waals surface area contributed by atoms with Gasteiger partial charge in [-0.05, 0) is 43.4 Å². The molecular weight excluding hydrogens is 256 g/mol. The Morgan fingerprint density at radius 1 is 1.25 bits per heavy atom. The number of aliphatic hydroxyl groups is 1. The molecule has 0 aliphatic heterocycles. The van der Waals surface area contributed by atoms with Gasteiger partial charge in [0.15, 0.2) is 0 Å². The van der Waals surface area contributed by atoms with Crippen molar-refractivity contribution in [3.05, 3.63) is 0 Å². The van der Waals surface area contributed by atoms with E-state index in [1.807, 2.05) is 6.92 Å². The van der Waals surface area contributed by atoms with Gasteiger partial charge in [-0.1, -0.05) is 27.2 Å². The predicted molar refractivity (Wildman–Crippen MR) is 78.5 cm³/mol. The lowest BCUT2D eigenvalue weighted by Gasteiger charge is -2.22. The lowest BCUT2D eigenvalue weighted by molar-refractivity contribution is -0.146. The highest BCUT2D eigenvalue weighted by Gasteiger charge is 2.41. The summed E-state index contributed by atoms with van der Waals surface area (Å²) in [5, 5.41) is 19.1. The highest BCUT2D eigenvalue weighted by Crippen LogP contribution is 2.47. The van der Waals surface area contributed by atoms with E-state index >= 15 is 0 Å². The van der Waals surface area contributed by atoms with E-state index in [4.69, 9.17) is 9.84 Å². The van der Waals surface area contributed by atoms with Gasteiger partial charge in [0.25, 0.3) is 0 Å². The van der Waals surface area contributed by atoms with Crippen molar-refractivity contribution in [2.45, 2.75) is 65.1 Å². The summed E-state index contributed by atoms with van der Waals surface area (Å²) < 4.78 is 5.56. The van der Waals surface area contributed by atoms with Gasteiger partial charge in [-0.25, -0.2) is 0 Å². The molecule has 6 atom stereocenters. The Morgan fingerprint density at radius 2 is 1.85 bits per heavy atom. The van der Waals surface area contributed by atoms with Crippen LogP contribution in [0.5, 0.6) is 0 Å². The fourth-order valence-electron chi connectivity index (χ4n) is 3.10. The summed E-state index contributed by atoms with van der Waals surface area (Å²) in [5.74, 6) is 0.110. The number of hydrogen-bond donors (Lipinski definition) is 2. The molecule has 1 saturated carbocycles. The second-order valence-corrected chi connectivity index (χ2v) is 6.31. The first kappa shape index (κ1) is 17.4. The first-order chi connectivity index (χ1) is 9.44. The highest BCUT2D eigenvalue weighted by molar-refractivity contribution is 5.70. The van der Waals surface area contributed by atoms with Crippen LogP contribution < -0.4 is 0 Å². The fourth-order valence-corrected chi connectivity index (χ4v) is 3.10. The number of ether oxygens (including phenoxy) is 1. The van der Waals surface area contributed by atoms with Crippen molar-refractivity contribution in [2.24, 2.45) is 23.7 Å². The molecule has 20 heavy (non-hydrogen) atoms. The lowest BCUT2D eigenvalue weighted by Crippen LogP contribution is -2.28. The Kier molecular flexibility index (Phi) is 6.96. The minimum atomic E-state index is -0.883. The molecule has 0 bridgehead atoms. The average Bonchev–Trinajstić information content (AvgIpc) is 3.13. The van der Waals surface area contributed by atoms with Gasteiger partial charge in [0, 0.05) is 7.11 Å². The first-order valence-electron chi connectivity index (χ1n) is 7.88. The zero-order valence-corrected chi connectivity index (χ0v) is 13.2. The van der Waals surface area contributed by atoms with Gasteiger partial charge in [-0.2, -0.15) is 0 Å². The Labute approximate surface area is 122 Å². The van der Waals surface area contributed by atoms with Crippen LogP contribution in [0.15, 0.2) is 0 Å². The lowest BCUT2D eigenvalue weighted by atomic mass is 9.93. The summed E-state index contributed by atoms with van der Waals surface area (Å²) in [4.78, 5) is 11.0. The molecule has 0 radical (unpaired) electrons. The third-order valence-corrected chi connectivity index (χ3v) is 4.95. The molecule has 4 heteroatoms. The van der Waals surface area contributed by atoms with Crippen LogP contribution in [0.3, 0.4) is 0 Å². The van der Waals surface area contributed by atoms with Gasteiger partial charge in [-0.3, -0.25) is 4.79 Å². The summed E-state index contributed by atoms with van der Waals surface area (Å²) in [6.45, 7) is 6.19. The van der Waals surface area contributed by atoms with E-state index in [-0.39, 0.29) is 6.10 Å². The molecule has 0 saturated heterocycles. The largest absolute Gasteiger partial charge is 0.481 e. The van der Waals surface area contributed by atoms with E-state index in [0.29, 0.717) is 30.6 Å². The maximum absolute atomic E-state index is 11.0. The standard InChI is InChI=1S/C16H30O4/c1-5-10(3)15(20-4)9-12-7-11(12)8-14(17)13(6-2)16(18)19/h10-15,17H,5-9H2,1-4H3,(H,18,19)/t10?,11?,12?,13-,14-,15?/m1/s1. The van der Waals surface area contributed by atoms with Crippen LogP contribution in [0.25, 0.3) is 0 Å². The normalized spacial score (nSPS) is 27.6. The minimum Gasteiger partial charge on any atom is -0.481 e. The Bertz CT molecular complexity index is 305. The maximum Gasteiger partial charge on any atom is 0.309 e. The van der Waals surface area contributed by atoms with Crippen LogP contribution in [-0.4, -0.2) is 35.5 Å². The number of hydrogen-bond acceptors (Lipinski definition) is 3. The van der Waals surface area contributed by atoms with Crippen molar-refractivity contribution >= 4 is 5.97 Å². The van der Waals surface area contributed by atoms with Crippen LogP contribution >= 0.6 is 0 Å². The summed E-state index contributed by atoms with van der Waals surface area (Å²) in [6, 6.07) is 0. The summed E-state index contributed by atoms with van der Waals surface area (Å²) in [7, 11) is 1.76. The van der Waals surface area contributed by atoms with Crippen molar-refractivity contribution in [3.63, 3.8) is 0 Å². The van der Waals surface area contributed by atoms with E-state index in [1.54, 1.807) is 7.11 Å². The van der Waals surface area contributed by atoms with Gasteiger partial charge in [0.2, 0.25) is 0 Å². The molecule has 0 amide bonds. The second kappa shape index (κ2) is 7.99. The molecule has 0 aromatic heterocycles. The van der Waals surface area contributed by atoms with Crippen molar-refractivity contribution < 1.29 is 19.7 Å². The van der Waals surface area contributed by atoms with Crippen molar-refractivity contribution in [3.8, 4) is 0 Å². The van der Waals surface area contributed by atoms with Gasteiger partial charge < -0.3 is 14.9 Å². The molecule has 1 aliphatic carbocycles. The monoisotopic (exact) mass is 286 g/mol. The SMILES string of the molecule is CCC(C)C(CC1CC1C[C@@H](O)[C@@H](CC)C(=O)O)OC.